The standard InChI is InChI=1S/C13H17ClO2.C2H6/c1-2-16-13(15)5-3-4-11-6-8-12(10-14)9-7-11;1-2/h6-9H,2-5,10H2,1H3;1-2H3. The quantitative estimate of drug-likeness (QED) is 0.568. The van der Waals surface area contributed by atoms with Crippen LogP contribution in [-0.4, -0.2) is 12.6 Å². The molecule has 0 N–H and O–H groups in total. The molecule has 0 aromatic heterocycles. The summed E-state index contributed by atoms with van der Waals surface area (Å²) in [5, 5.41) is 0. The van der Waals surface area contributed by atoms with Crippen LogP contribution >= 0.6 is 11.6 Å². The first kappa shape index (κ1) is 17.0. The first-order valence-electron chi connectivity index (χ1n) is 6.55. The number of hydrogen-bond donors (Lipinski definition) is 0. The summed E-state index contributed by atoms with van der Waals surface area (Å²) >= 11 is 5.70. The summed E-state index contributed by atoms with van der Waals surface area (Å²) < 4.78 is 4.86. The van der Waals surface area contributed by atoms with Crippen molar-refractivity contribution in [1.29, 1.82) is 0 Å². The van der Waals surface area contributed by atoms with E-state index in [1.54, 1.807) is 0 Å². The number of alkyl halides is 1. The van der Waals surface area contributed by atoms with Crippen LogP contribution in [0.3, 0.4) is 0 Å². The van der Waals surface area contributed by atoms with E-state index in [1.165, 1.54) is 5.56 Å². The number of esters is 1. The lowest BCUT2D eigenvalue weighted by atomic mass is 10.1. The molecule has 2 nitrogen and oxygen atoms in total. The summed E-state index contributed by atoms with van der Waals surface area (Å²) in [6.07, 6.45) is 2.23. The van der Waals surface area contributed by atoms with Gasteiger partial charge in [0.25, 0.3) is 0 Å². The smallest absolute Gasteiger partial charge is 0.305 e. The predicted octanol–water partition coefficient (Wildman–Crippen LogP) is 4.34. The minimum atomic E-state index is -0.111. The zero-order valence-corrected chi connectivity index (χ0v) is 12.3. The van der Waals surface area contributed by atoms with Gasteiger partial charge in [0, 0.05) is 12.3 Å². The molecule has 0 saturated carbocycles. The van der Waals surface area contributed by atoms with Crippen LogP contribution in [0.15, 0.2) is 24.3 Å². The Hall–Kier alpha value is -1.02. The van der Waals surface area contributed by atoms with Gasteiger partial charge < -0.3 is 4.74 Å². The summed E-state index contributed by atoms with van der Waals surface area (Å²) in [7, 11) is 0. The third kappa shape index (κ3) is 7.33. The van der Waals surface area contributed by atoms with E-state index in [2.05, 4.69) is 12.1 Å². The molecule has 0 amide bonds. The van der Waals surface area contributed by atoms with Crippen molar-refractivity contribution in [2.45, 2.75) is 45.9 Å². The third-order valence-corrected chi connectivity index (χ3v) is 2.64. The maximum Gasteiger partial charge on any atom is 0.305 e. The topological polar surface area (TPSA) is 26.3 Å². The first-order valence-corrected chi connectivity index (χ1v) is 7.09. The minimum Gasteiger partial charge on any atom is -0.466 e. The molecule has 0 atom stereocenters. The van der Waals surface area contributed by atoms with E-state index in [9.17, 15) is 4.79 Å². The second-order valence-electron chi connectivity index (χ2n) is 3.61. The summed E-state index contributed by atoms with van der Waals surface area (Å²) in [5.41, 5.74) is 2.36. The molecule has 0 spiro atoms. The summed E-state index contributed by atoms with van der Waals surface area (Å²) in [4.78, 5) is 11.1. The number of hydrogen-bond acceptors (Lipinski definition) is 2. The van der Waals surface area contributed by atoms with Crippen LogP contribution in [0.5, 0.6) is 0 Å². The van der Waals surface area contributed by atoms with Crippen LogP contribution in [-0.2, 0) is 21.8 Å². The Morgan fingerprint density at radius 1 is 1.17 bits per heavy atom. The molecule has 0 aliphatic carbocycles. The lowest BCUT2D eigenvalue weighted by Crippen LogP contribution is -2.03. The maximum absolute atomic E-state index is 11.1. The largest absolute Gasteiger partial charge is 0.466 e. The number of benzene rings is 1. The molecule has 0 aliphatic rings. The Morgan fingerprint density at radius 2 is 1.72 bits per heavy atom. The van der Waals surface area contributed by atoms with Gasteiger partial charge >= 0.3 is 5.97 Å². The fourth-order valence-corrected chi connectivity index (χ4v) is 1.64. The first-order chi connectivity index (χ1) is 8.76. The van der Waals surface area contributed by atoms with Gasteiger partial charge in [-0.05, 0) is 30.9 Å². The summed E-state index contributed by atoms with van der Waals surface area (Å²) in [5.74, 6) is 0.434. The number of rotatable bonds is 6. The van der Waals surface area contributed by atoms with E-state index in [4.69, 9.17) is 16.3 Å². The van der Waals surface area contributed by atoms with E-state index < -0.39 is 0 Å². The number of carbonyl (C=O) groups excluding carboxylic acids is 1. The van der Waals surface area contributed by atoms with Crippen LogP contribution in [0.1, 0.15) is 44.7 Å². The zero-order valence-electron chi connectivity index (χ0n) is 11.5. The number of carbonyl (C=O) groups is 1. The van der Waals surface area contributed by atoms with Gasteiger partial charge in [0.2, 0.25) is 0 Å². The lowest BCUT2D eigenvalue weighted by molar-refractivity contribution is -0.143. The van der Waals surface area contributed by atoms with Gasteiger partial charge in [-0.2, -0.15) is 0 Å². The molecule has 0 bridgehead atoms. The molecular weight excluding hydrogens is 248 g/mol. The Morgan fingerprint density at radius 3 is 2.22 bits per heavy atom. The van der Waals surface area contributed by atoms with Gasteiger partial charge in [0.1, 0.15) is 0 Å². The highest BCUT2D eigenvalue weighted by Crippen LogP contribution is 2.09. The SMILES string of the molecule is CC.CCOC(=O)CCCc1ccc(CCl)cc1. The maximum atomic E-state index is 11.1. The van der Waals surface area contributed by atoms with Crippen molar-refractivity contribution in [1.82, 2.24) is 0 Å². The normalized spacial score (nSPS) is 9.33. The van der Waals surface area contributed by atoms with Crippen molar-refractivity contribution in [3.05, 3.63) is 35.4 Å². The summed E-state index contributed by atoms with van der Waals surface area (Å²) in [6.45, 7) is 6.28. The van der Waals surface area contributed by atoms with Gasteiger partial charge in [0.05, 0.1) is 6.61 Å². The second-order valence-corrected chi connectivity index (χ2v) is 3.88. The van der Waals surface area contributed by atoms with Crippen LogP contribution in [0.2, 0.25) is 0 Å². The highest BCUT2D eigenvalue weighted by molar-refractivity contribution is 6.17. The number of ether oxygens (including phenoxy) is 1. The average Bonchev–Trinajstić information content (AvgIpc) is 2.42. The molecule has 1 aromatic carbocycles. The molecule has 0 radical (unpaired) electrons. The Balaban J connectivity index is 0.00000137. The Labute approximate surface area is 115 Å². The molecule has 102 valence electrons. The van der Waals surface area contributed by atoms with Gasteiger partial charge in [0.15, 0.2) is 0 Å². The third-order valence-electron chi connectivity index (χ3n) is 2.33. The molecule has 0 unspecified atom stereocenters. The van der Waals surface area contributed by atoms with E-state index in [1.807, 2.05) is 32.9 Å². The van der Waals surface area contributed by atoms with Crippen molar-refractivity contribution < 1.29 is 9.53 Å². The molecule has 0 fully saturated rings. The minimum absolute atomic E-state index is 0.111. The van der Waals surface area contributed by atoms with Gasteiger partial charge in [-0.3, -0.25) is 4.79 Å². The van der Waals surface area contributed by atoms with Crippen molar-refractivity contribution in [2.75, 3.05) is 6.61 Å². The van der Waals surface area contributed by atoms with E-state index in [-0.39, 0.29) is 5.97 Å². The van der Waals surface area contributed by atoms with Gasteiger partial charge in [-0.25, -0.2) is 0 Å². The fourth-order valence-electron chi connectivity index (χ4n) is 1.47. The molecule has 1 aromatic rings. The highest BCUT2D eigenvalue weighted by atomic mass is 35.5. The highest BCUT2D eigenvalue weighted by Gasteiger charge is 2.01. The molecule has 0 saturated heterocycles. The van der Waals surface area contributed by atoms with Crippen LogP contribution in [0.25, 0.3) is 0 Å². The number of aryl methyl sites for hydroxylation is 1. The summed E-state index contributed by atoms with van der Waals surface area (Å²) in [6, 6.07) is 8.16. The van der Waals surface area contributed by atoms with E-state index in [0.29, 0.717) is 18.9 Å². The van der Waals surface area contributed by atoms with Crippen molar-refractivity contribution in [2.24, 2.45) is 0 Å². The molecule has 0 heterocycles. The molecule has 18 heavy (non-hydrogen) atoms. The monoisotopic (exact) mass is 270 g/mol. The van der Waals surface area contributed by atoms with Crippen LogP contribution < -0.4 is 0 Å². The van der Waals surface area contributed by atoms with Crippen LogP contribution in [0.4, 0.5) is 0 Å². The zero-order chi connectivity index (χ0) is 13.8. The molecule has 1 rings (SSSR count). The Bertz CT molecular complexity index is 320. The van der Waals surface area contributed by atoms with E-state index >= 15 is 0 Å². The molecule has 3 heteroatoms. The molecular formula is C15H23ClO2. The Kier molecular flexibility index (Phi) is 10.5. The number of halogens is 1. The van der Waals surface area contributed by atoms with Crippen LogP contribution in [0, 0.1) is 0 Å². The van der Waals surface area contributed by atoms with E-state index in [0.717, 1.165) is 18.4 Å². The van der Waals surface area contributed by atoms with Gasteiger partial charge in [-0.1, -0.05) is 38.1 Å². The second kappa shape index (κ2) is 11.1. The lowest BCUT2D eigenvalue weighted by Gasteiger charge is -2.03. The van der Waals surface area contributed by atoms with Crippen molar-refractivity contribution >= 4 is 17.6 Å². The average molecular weight is 271 g/mol. The van der Waals surface area contributed by atoms with Crippen molar-refractivity contribution in [3.63, 3.8) is 0 Å². The molecule has 0 aliphatic heterocycles. The van der Waals surface area contributed by atoms with Crippen molar-refractivity contribution in [3.8, 4) is 0 Å². The predicted molar refractivity (Wildman–Crippen MR) is 76.9 cm³/mol. The van der Waals surface area contributed by atoms with Gasteiger partial charge in [-0.15, -0.1) is 11.6 Å². The fraction of sp³-hybridized carbons (Fsp3) is 0.533.